The molecule has 0 saturated heterocycles. The Morgan fingerprint density at radius 1 is 1.14 bits per heavy atom. The van der Waals surface area contributed by atoms with Gasteiger partial charge in [-0.25, -0.2) is 4.79 Å². The van der Waals surface area contributed by atoms with Crippen molar-refractivity contribution in [1.29, 1.82) is 0 Å². The number of amides is 3. The molecule has 0 aromatic heterocycles. The van der Waals surface area contributed by atoms with E-state index in [-0.39, 0.29) is 24.4 Å². The van der Waals surface area contributed by atoms with Gasteiger partial charge < -0.3 is 20.3 Å². The van der Waals surface area contributed by atoms with E-state index in [0.29, 0.717) is 23.3 Å². The van der Waals surface area contributed by atoms with Crippen molar-refractivity contribution in [2.45, 2.75) is 84.5 Å². The first-order valence-electron chi connectivity index (χ1n) is 12.1. The third kappa shape index (κ3) is 9.85. The predicted molar refractivity (Wildman–Crippen MR) is 143 cm³/mol. The number of nitrogens with zero attached hydrogens (tertiary/aromatic N) is 1. The Morgan fingerprint density at radius 2 is 1.80 bits per heavy atom. The van der Waals surface area contributed by atoms with E-state index in [2.05, 4.69) is 16.6 Å². The number of benzene rings is 1. The second-order valence-electron chi connectivity index (χ2n) is 9.44. The van der Waals surface area contributed by atoms with Gasteiger partial charge in [-0.2, -0.15) is 11.8 Å². The Kier molecular flexibility index (Phi) is 12.7. The minimum atomic E-state index is -0.934. The van der Waals surface area contributed by atoms with Crippen molar-refractivity contribution < 1.29 is 19.1 Å². The van der Waals surface area contributed by atoms with Gasteiger partial charge in [0.25, 0.3) is 0 Å². The lowest BCUT2D eigenvalue weighted by Gasteiger charge is -2.34. The number of hydrogen-bond donors (Lipinski definition) is 2. The molecule has 0 heterocycles. The van der Waals surface area contributed by atoms with Crippen molar-refractivity contribution in [1.82, 2.24) is 15.5 Å². The number of terminal acetylenes is 1. The quantitative estimate of drug-likeness (QED) is 0.410. The van der Waals surface area contributed by atoms with Crippen molar-refractivity contribution in [3.63, 3.8) is 0 Å². The number of carbonyl (C=O) groups excluding carboxylic acids is 3. The summed E-state index contributed by atoms with van der Waals surface area (Å²) in [6, 6.07) is 5.29. The molecule has 0 radical (unpaired) electrons. The first-order valence-corrected chi connectivity index (χ1v) is 13.5. The fourth-order valence-corrected chi connectivity index (χ4v) is 4.22. The molecule has 0 spiro atoms. The van der Waals surface area contributed by atoms with Gasteiger partial charge in [0.1, 0.15) is 17.7 Å². The monoisotopic (exact) mass is 503 g/mol. The summed E-state index contributed by atoms with van der Waals surface area (Å²) in [6.07, 6.45) is 9.13. The topological polar surface area (TPSA) is 87.7 Å². The molecule has 3 unspecified atom stereocenters. The van der Waals surface area contributed by atoms with E-state index >= 15 is 0 Å². The maximum atomic E-state index is 13.8. The summed E-state index contributed by atoms with van der Waals surface area (Å²) >= 11 is 1.57. The van der Waals surface area contributed by atoms with Gasteiger partial charge in [0.15, 0.2) is 0 Å². The van der Waals surface area contributed by atoms with Crippen molar-refractivity contribution in [3.8, 4) is 12.3 Å². The fourth-order valence-electron chi connectivity index (χ4n) is 3.75. The van der Waals surface area contributed by atoms with Crippen LogP contribution in [0.4, 0.5) is 4.79 Å². The van der Waals surface area contributed by atoms with Gasteiger partial charge in [-0.15, -0.1) is 6.42 Å². The Labute approximate surface area is 215 Å². The average molecular weight is 504 g/mol. The maximum absolute atomic E-state index is 13.8. The molecule has 1 rings (SSSR count). The highest BCUT2D eigenvalue weighted by molar-refractivity contribution is 7.98. The van der Waals surface area contributed by atoms with Gasteiger partial charge in [-0.05, 0) is 71.1 Å². The summed E-state index contributed by atoms with van der Waals surface area (Å²) in [7, 11) is 0. The summed E-state index contributed by atoms with van der Waals surface area (Å²) < 4.78 is 5.39. The maximum Gasteiger partial charge on any atom is 0.408 e. The van der Waals surface area contributed by atoms with Crippen LogP contribution in [0.15, 0.2) is 24.3 Å². The molecule has 0 aliphatic heterocycles. The fraction of sp³-hybridized carbons (Fsp3) is 0.593. The van der Waals surface area contributed by atoms with Gasteiger partial charge in [0.05, 0.1) is 0 Å². The number of alkyl carbamates (subject to hydrolysis) is 1. The first-order chi connectivity index (χ1) is 16.5. The van der Waals surface area contributed by atoms with Gasteiger partial charge in [0.2, 0.25) is 11.8 Å². The van der Waals surface area contributed by atoms with Crippen LogP contribution >= 0.6 is 11.8 Å². The zero-order chi connectivity index (χ0) is 26.6. The standard InChI is InChI=1S/C27H41N3O4S/c1-9-14-19(4)28-24(31)23(21-16-13-12-15-20(21)10-2)30(11-3)25(32)22(17-18-35-8)29-26(33)34-27(5,6)7/h2,12-13,15-16,19,22-23H,9,11,14,17-18H2,1,3-8H3,(H,28,31)(H,29,33). The SMILES string of the molecule is C#Cc1ccccc1C(C(=O)NC(C)CCC)N(CC)C(=O)C(CCSC)NC(=O)OC(C)(C)C. The van der Waals surface area contributed by atoms with Crippen LogP contribution in [0.2, 0.25) is 0 Å². The number of rotatable bonds is 12. The second-order valence-corrected chi connectivity index (χ2v) is 10.4. The molecular formula is C27H41N3O4S. The summed E-state index contributed by atoms with van der Waals surface area (Å²) in [6.45, 7) is 11.3. The minimum Gasteiger partial charge on any atom is -0.444 e. The molecule has 3 amide bonds. The highest BCUT2D eigenvalue weighted by Gasteiger charge is 2.36. The lowest BCUT2D eigenvalue weighted by Crippen LogP contribution is -2.53. The molecule has 0 saturated carbocycles. The van der Waals surface area contributed by atoms with Crippen molar-refractivity contribution >= 4 is 29.7 Å². The normalized spacial score (nSPS) is 13.7. The summed E-state index contributed by atoms with van der Waals surface area (Å²) in [4.78, 5) is 41.4. The lowest BCUT2D eigenvalue weighted by molar-refractivity contribution is -0.142. The van der Waals surface area contributed by atoms with E-state index < -0.39 is 23.8 Å². The molecular weight excluding hydrogens is 462 g/mol. The minimum absolute atomic E-state index is 0.0611. The number of likely N-dealkylation sites (N-methyl/N-ethyl adjacent to an activating group) is 1. The van der Waals surface area contributed by atoms with Crippen LogP contribution in [-0.4, -0.2) is 59.0 Å². The van der Waals surface area contributed by atoms with Crippen LogP contribution in [0.5, 0.6) is 0 Å². The molecule has 8 heteroatoms. The summed E-state index contributed by atoms with van der Waals surface area (Å²) in [5, 5.41) is 5.76. The van der Waals surface area contributed by atoms with Crippen molar-refractivity contribution in [2.24, 2.45) is 0 Å². The number of nitrogens with one attached hydrogen (secondary N) is 2. The number of ether oxygens (including phenoxy) is 1. The van der Waals surface area contributed by atoms with E-state index in [0.717, 1.165) is 12.8 Å². The second kappa shape index (κ2) is 14.7. The molecule has 0 fully saturated rings. The van der Waals surface area contributed by atoms with E-state index in [1.165, 1.54) is 4.90 Å². The number of hydrogen-bond acceptors (Lipinski definition) is 5. The predicted octanol–water partition coefficient (Wildman–Crippen LogP) is 4.51. The molecule has 1 aromatic rings. The van der Waals surface area contributed by atoms with Crippen LogP contribution in [0.3, 0.4) is 0 Å². The molecule has 35 heavy (non-hydrogen) atoms. The molecule has 0 aliphatic carbocycles. The van der Waals surface area contributed by atoms with Crippen LogP contribution < -0.4 is 10.6 Å². The van der Waals surface area contributed by atoms with E-state index in [1.807, 2.05) is 27.0 Å². The third-order valence-corrected chi connectivity index (χ3v) is 5.95. The van der Waals surface area contributed by atoms with Crippen molar-refractivity contribution in [2.75, 3.05) is 18.6 Å². The molecule has 7 nitrogen and oxygen atoms in total. The van der Waals surface area contributed by atoms with Gasteiger partial charge in [-0.1, -0.05) is 37.5 Å². The van der Waals surface area contributed by atoms with Gasteiger partial charge >= 0.3 is 6.09 Å². The molecule has 194 valence electrons. The van der Waals surface area contributed by atoms with Gasteiger partial charge in [-0.3, -0.25) is 9.59 Å². The van der Waals surface area contributed by atoms with Crippen LogP contribution in [0.25, 0.3) is 0 Å². The Balaban J connectivity index is 3.41. The average Bonchev–Trinajstić information content (AvgIpc) is 2.78. The highest BCUT2D eigenvalue weighted by atomic mass is 32.2. The van der Waals surface area contributed by atoms with Gasteiger partial charge in [0, 0.05) is 18.2 Å². The third-order valence-electron chi connectivity index (χ3n) is 5.30. The molecule has 1 aromatic carbocycles. The van der Waals surface area contributed by atoms with E-state index in [9.17, 15) is 14.4 Å². The molecule has 0 aliphatic rings. The zero-order valence-corrected chi connectivity index (χ0v) is 23.0. The summed E-state index contributed by atoms with van der Waals surface area (Å²) in [5.41, 5.74) is 0.417. The first kappa shape index (κ1) is 30.4. The Morgan fingerprint density at radius 3 is 2.34 bits per heavy atom. The van der Waals surface area contributed by atoms with Crippen molar-refractivity contribution in [3.05, 3.63) is 35.4 Å². The smallest absolute Gasteiger partial charge is 0.408 e. The van der Waals surface area contributed by atoms with E-state index in [1.54, 1.807) is 56.8 Å². The molecule has 0 bridgehead atoms. The largest absolute Gasteiger partial charge is 0.444 e. The highest BCUT2D eigenvalue weighted by Crippen LogP contribution is 2.26. The zero-order valence-electron chi connectivity index (χ0n) is 22.1. The van der Waals surface area contributed by atoms with Crippen LogP contribution in [0, 0.1) is 12.3 Å². The summed E-state index contributed by atoms with van der Waals surface area (Å²) in [5.74, 6) is 2.63. The lowest BCUT2D eigenvalue weighted by atomic mass is 9.97. The van der Waals surface area contributed by atoms with Crippen LogP contribution in [-0.2, 0) is 14.3 Å². The Hall–Kier alpha value is -2.66. The van der Waals surface area contributed by atoms with E-state index in [4.69, 9.17) is 11.2 Å². The Bertz CT molecular complexity index is 891. The molecule has 3 atom stereocenters. The number of thioether (sulfide) groups is 1. The number of carbonyl (C=O) groups is 3. The molecule has 2 N–H and O–H groups in total. The van der Waals surface area contributed by atoms with Crippen LogP contribution in [0.1, 0.15) is 78.0 Å².